The predicted molar refractivity (Wildman–Crippen MR) is 213 cm³/mol. The van der Waals surface area contributed by atoms with Gasteiger partial charge in [-0.25, -0.2) is 23.2 Å². The number of nitrogens with zero attached hydrogens (tertiary/aromatic N) is 3. The lowest BCUT2D eigenvalue weighted by Gasteiger charge is -2.34. The van der Waals surface area contributed by atoms with Crippen LogP contribution in [0.1, 0.15) is 106 Å². The van der Waals surface area contributed by atoms with Crippen molar-refractivity contribution in [1.82, 2.24) is 30.2 Å². The minimum absolute atomic E-state index is 0.0397. The van der Waals surface area contributed by atoms with Gasteiger partial charge in [0.1, 0.15) is 35.1 Å². The van der Waals surface area contributed by atoms with Crippen LogP contribution in [0, 0.1) is 17.8 Å². The van der Waals surface area contributed by atoms with E-state index in [1.54, 1.807) is 33.8 Å². The number of alkyl carbamates (subject to hydrolysis) is 1. The number of alkyl halides is 3. The molecule has 3 N–H and O–H groups in total. The number of carbonyl (C=O) groups is 4. The standard InChI is InChI=1S/C41H55F3N6O9S/c1-8-24-18-23(3)12-10-11-13-25-21-40(25,36(53)49-60(55,56)39(7)16-17-39)48-33(51)30-20-27(22-50(30)35(52)31(24)47-37(54)59-38(4,5)6)58-34-32(41(42,43)44)45-28-15-14-26(57-9-2)19-29(28)46-34/h11,13-15,19,23-25,27,30-31H,8-10,12,16-18,20-22H2,1-7H3,(H,47,54)(H,48,51)(H,49,53)/b13-11-/t23-,24-,25-,27-,30+,31+,40-/m1/s1. The van der Waals surface area contributed by atoms with Crippen LogP contribution in [0.4, 0.5) is 18.0 Å². The summed E-state index contributed by atoms with van der Waals surface area (Å²) in [5.41, 5.74) is -4.07. The summed E-state index contributed by atoms with van der Waals surface area (Å²) in [6.07, 6.45) is -0.876. The van der Waals surface area contributed by atoms with Gasteiger partial charge in [-0.3, -0.25) is 19.1 Å². The van der Waals surface area contributed by atoms with Crippen molar-refractivity contribution in [3.05, 3.63) is 36.0 Å². The van der Waals surface area contributed by atoms with Crippen LogP contribution in [-0.2, 0) is 35.3 Å². The first kappa shape index (κ1) is 44.9. The highest BCUT2D eigenvalue weighted by Crippen LogP contribution is 2.48. The van der Waals surface area contributed by atoms with E-state index >= 15 is 0 Å². The van der Waals surface area contributed by atoms with Gasteiger partial charge in [-0.05, 0) is 97.1 Å². The molecule has 4 aliphatic rings. The number of aromatic nitrogens is 2. The van der Waals surface area contributed by atoms with Crippen LogP contribution in [0.2, 0.25) is 0 Å². The quantitative estimate of drug-likeness (QED) is 0.267. The first-order valence-electron chi connectivity index (χ1n) is 20.5. The lowest BCUT2D eigenvalue weighted by atomic mass is 9.85. The molecular formula is C41H55F3N6O9S. The number of ether oxygens (including phenoxy) is 3. The first-order chi connectivity index (χ1) is 28.0. The third kappa shape index (κ3) is 9.76. The number of fused-ring (bicyclic) bond motifs is 3. The molecule has 2 aliphatic heterocycles. The topological polar surface area (TPSA) is 195 Å². The second-order valence-electron chi connectivity index (χ2n) is 17.7. The van der Waals surface area contributed by atoms with Gasteiger partial charge in [0.2, 0.25) is 33.4 Å². The van der Waals surface area contributed by atoms with Crippen molar-refractivity contribution < 1.29 is 55.0 Å². The molecule has 1 aromatic heterocycles. The Balaban J connectivity index is 1.40. The molecular weight excluding hydrogens is 810 g/mol. The summed E-state index contributed by atoms with van der Waals surface area (Å²) in [4.78, 5) is 65.9. The molecule has 7 atom stereocenters. The number of allylic oxidation sites excluding steroid dienone is 1. The fourth-order valence-electron chi connectivity index (χ4n) is 7.95. The third-order valence-electron chi connectivity index (χ3n) is 11.7. The smallest absolute Gasteiger partial charge is 0.438 e. The Labute approximate surface area is 348 Å². The summed E-state index contributed by atoms with van der Waals surface area (Å²) in [6, 6.07) is 1.55. The average molecular weight is 865 g/mol. The highest BCUT2D eigenvalue weighted by Gasteiger charge is 2.63. The largest absolute Gasteiger partial charge is 0.494 e. The van der Waals surface area contributed by atoms with Crippen molar-refractivity contribution in [2.24, 2.45) is 17.8 Å². The van der Waals surface area contributed by atoms with Crippen LogP contribution >= 0.6 is 0 Å². The molecule has 60 heavy (non-hydrogen) atoms. The van der Waals surface area contributed by atoms with Crippen LogP contribution in [-0.4, -0.2) is 94.3 Å². The Morgan fingerprint density at radius 1 is 1.07 bits per heavy atom. The molecule has 3 fully saturated rings. The highest BCUT2D eigenvalue weighted by atomic mass is 32.2. The summed E-state index contributed by atoms with van der Waals surface area (Å²) in [5, 5.41) is 5.49. The number of halogens is 3. The van der Waals surface area contributed by atoms with E-state index in [2.05, 4.69) is 25.3 Å². The summed E-state index contributed by atoms with van der Waals surface area (Å²) in [7, 11) is -4.11. The summed E-state index contributed by atoms with van der Waals surface area (Å²) in [5.74, 6) is -4.04. The normalized spacial score (nSPS) is 28.9. The zero-order valence-corrected chi connectivity index (χ0v) is 35.8. The highest BCUT2D eigenvalue weighted by molar-refractivity contribution is 7.91. The fourth-order valence-corrected chi connectivity index (χ4v) is 9.26. The fraction of sp³-hybridized carbons (Fsp3) is 0.659. The molecule has 0 spiro atoms. The summed E-state index contributed by atoms with van der Waals surface area (Å²) >= 11 is 0. The lowest BCUT2D eigenvalue weighted by molar-refractivity contribution is -0.143. The van der Waals surface area contributed by atoms with Crippen LogP contribution in [0.15, 0.2) is 30.4 Å². The van der Waals surface area contributed by atoms with Crippen molar-refractivity contribution in [3.8, 4) is 11.6 Å². The minimum atomic E-state index is -5.01. The van der Waals surface area contributed by atoms with Gasteiger partial charge in [0.05, 0.1) is 28.9 Å². The van der Waals surface area contributed by atoms with Gasteiger partial charge in [-0.1, -0.05) is 32.4 Å². The number of benzene rings is 1. The molecule has 0 unspecified atom stereocenters. The van der Waals surface area contributed by atoms with E-state index in [0.29, 0.717) is 44.3 Å². The number of hydrogen-bond donors (Lipinski definition) is 3. The third-order valence-corrected chi connectivity index (χ3v) is 13.9. The molecule has 1 saturated heterocycles. The van der Waals surface area contributed by atoms with Crippen molar-refractivity contribution >= 4 is 44.9 Å². The molecule has 2 aliphatic carbocycles. The number of amides is 4. The SMILES string of the molecule is CCOc1ccc2nc(C(F)(F)F)c(O[C@@H]3C[C@H]4C(=O)N[C@]5(C(=O)NS(=O)(=O)C6(C)CC6)C[C@H]5/C=C\CC[C@@H](C)C[C@@H](CC)[C@H](NC(=O)OC(C)(C)C)C(=O)N4C3)nc2c1. The van der Waals surface area contributed by atoms with E-state index in [9.17, 15) is 40.8 Å². The molecule has 4 amide bonds. The molecule has 19 heteroatoms. The van der Waals surface area contributed by atoms with Gasteiger partial charge in [-0.15, -0.1) is 0 Å². The van der Waals surface area contributed by atoms with Gasteiger partial charge >= 0.3 is 12.3 Å². The van der Waals surface area contributed by atoms with Crippen LogP contribution in [0.25, 0.3) is 11.0 Å². The van der Waals surface area contributed by atoms with Gasteiger partial charge in [-0.2, -0.15) is 13.2 Å². The van der Waals surface area contributed by atoms with Gasteiger partial charge in [0.25, 0.3) is 5.91 Å². The van der Waals surface area contributed by atoms with Crippen molar-refractivity contribution in [2.75, 3.05) is 13.2 Å². The van der Waals surface area contributed by atoms with Crippen LogP contribution < -0.4 is 24.8 Å². The zero-order chi connectivity index (χ0) is 44.0. The van der Waals surface area contributed by atoms with Crippen LogP contribution in [0.3, 0.4) is 0 Å². The molecule has 0 bridgehead atoms. The maximum absolute atomic E-state index is 14.9. The Hall–Kier alpha value is -4.68. The predicted octanol–water partition coefficient (Wildman–Crippen LogP) is 5.56. The molecule has 0 radical (unpaired) electrons. The first-order valence-corrected chi connectivity index (χ1v) is 22.0. The van der Waals surface area contributed by atoms with E-state index in [4.69, 9.17) is 14.2 Å². The maximum atomic E-state index is 14.9. The van der Waals surface area contributed by atoms with Crippen molar-refractivity contribution in [2.45, 2.75) is 140 Å². The minimum Gasteiger partial charge on any atom is -0.494 e. The number of hydrogen-bond acceptors (Lipinski definition) is 11. The average Bonchev–Trinajstić information content (AvgIpc) is 4.03. The Morgan fingerprint density at radius 3 is 2.42 bits per heavy atom. The maximum Gasteiger partial charge on any atom is 0.438 e. The Morgan fingerprint density at radius 2 is 1.78 bits per heavy atom. The monoisotopic (exact) mass is 864 g/mol. The second-order valence-corrected chi connectivity index (χ2v) is 19.9. The van der Waals surface area contributed by atoms with Crippen molar-refractivity contribution in [3.63, 3.8) is 0 Å². The van der Waals surface area contributed by atoms with E-state index in [-0.39, 0.29) is 36.4 Å². The number of carbonyl (C=O) groups excluding carboxylic acids is 4. The van der Waals surface area contributed by atoms with Crippen molar-refractivity contribution in [1.29, 1.82) is 0 Å². The molecule has 6 rings (SSSR count). The van der Waals surface area contributed by atoms with Gasteiger partial charge in [0.15, 0.2) is 0 Å². The molecule has 2 saturated carbocycles. The number of sulfonamides is 1. The van der Waals surface area contributed by atoms with Crippen LogP contribution in [0.5, 0.6) is 11.6 Å². The molecule has 2 aromatic rings. The second kappa shape index (κ2) is 16.6. The van der Waals surface area contributed by atoms with E-state index in [1.165, 1.54) is 25.1 Å². The molecule has 1 aromatic carbocycles. The summed E-state index contributed by atoms with van der Waals surface area (Å²) < 4.78 is 88.1. The van der Waals surface area contributed by atoms with E-state index < -0.39 is 104 Å². The summed E-state index contributed by atoms with van der Waals surface area (Å²) in [6.45, 7) is 12.0. The van der Waals surface area contributed by atoms with Gasteiger partial charge < -0.3 is 29.7 Å². The molecule has 3 heterocycles. The molecule has 15 nitrogen and oxygen atoms in total. The van der Waals surface area contributed by atoms with Gasteiger partial charge in [0, 0.05) is 18.4 Å². The molecule has 330 valence electrons. The zero-order valence-electron chi connectivity index (χ0n) is 35.0. The number of rotatable bonds is 9. The van der Waals surface area contributed by atoms with E-state index in [0.717, 1.165) is 4.90 Å². The lowest BCUT2D eigenvalue weighted by Crippen LogP contribution is -2.59. The van der Waals surface area contributed by atoms with E-state index in [1.807, 2.05) is 19.9 Å². The Kier molecular flexibility index (Phi) is 12.4. The number of nitrogens with one attached hydrogen (secondary N) is 3. The Bertz CT molecular complexity index is 2140.